The zero-order chi connectivity index (χ0) is 13.3. The van der Waals surface area contributed by atoms with E-state index in [1.165, 1.54) is 5.39 Å². The Balaban J connectivity index is 0.000000141. The van der Waals surface area contributed by atoms with Gasteiger partial charge in [0.1, 0.15) is 0 Å². The van der Waals surface area contributed by atoms with Gasteiger partial charge in [-0.15, -0.1) is 0 Å². The maximum atomic E-state index is 10.1. The van der Waals surface area contributed by atoms with Crippen molar-refractivity contribution in [3.05, 3.63) is 78.8 Å². The van der Waals surface area contributed by atoms with E-state index in [0.717, 1.165) is 11.8 Å². The summed E-state index contributed by atoms with van der Waals surface area (Å²) in [5.74, 6) is 0. The van der Waals surface area contributed by atoms with Gasteiger partial charge >= 0.3 is 0 Å². The molecule has 0 atom stereocenters. The Bertz CT molecular complexity index is 576. The molecule has 0 spiro atoms. The molecule has 0 unspecified atom stereocenters. The van der Waals surface area contributed by atoms with Crippen molar-refractivity contribution in [3.63, 3.8) is 0 Å². The van der Waals surface area contributed by atoms with E-state index in [9.17, 15) is 4.79 Å². The van der Waals surface area contributed by atoms with Crippen molar-refractivity contribution >= 4 is 17.2 Å². The van der Waals surface area contributed by atoms with E-state index < -0.39 is 0 Å². The van der Waals surface area contributed by atoms with Crippen molar-refractivity contribution in [1.82, 2.24) is 10.3 Å². The highest BCUT2D eigenvalue weighted by Gasteiger charge is 1.88. The Morgan fingerprint density at radius 3 is 2.68 bits per heavy atom. The third-order valence-corrected chi connectivity index (χ3v) is 2.48. The molecule has 94 valence electrons. The predicted octanol–water partition coefficient (Wildman–Crippen LogP) is 2.98. The van der Waals surface area contributed by atoms with Gasteiger partial charge in [0.15, 0.2) is 6.29 Å². The van der Waals surface area contributed by atoms with Crippen LogP contribution in [0.4, 0.5) is 0 Å². The summed E-state index contributed by atoms with van der Waals surface area (Å²) in [6, 6.07) is 12.1. The molecule has 1 aromatic carbocycles. The molecule has 1 aromatic heterocycles. The lowest BCUT2D eigenvalue weighted by atomic mass is 10.2. The molecule has 3 heteroatoms. The minimum Gasteiger partial charge on any atom is -0.359 e. The molecule has 2 heterocycles. The lowest BCUT2D eigenvalue weighted by molar-refractivity contribution is -0.105. The molecule has 0 radical (unpaired) electrons. The fraction of sp³-hybridized carbons (Fsp3) is 0. The minimum absolute atomic E-state index is 0.583. The Labute approximate surface area is 112 Å². The molecule has 19 heavy (non-hydrogen) atoms. The number of carbonyl (C=O) groups is 1. The Morgan fingerprint density at radius 1 is 1.00 bits per heavy atom. The summed E-state index contributed by atoms with van der Waals surface area (Å²) in [7, 11) is 0. The molecule has 0 amide bonds. The van der Waals surface area contributed by atoms with Crippen molar-refractivity contribution in [1.29, 1.82) is 0 Å². The number of nitrogens with one attached hydrogen (secondary N) is 1. The zero-order valence-corrected chi connectivity index (χ0v) is 10.4. The molecule has 0 saturated heterocycles. The van der Waals surface area contributed by atoms with Crippen LogP contribution in [0.1, 0.15) is 0 Å². The average Bonchev–Trinajstić information content (AvgIpc) is 2.77. The number of aldehydes is 1. The van der Waals surface area contributed by atoms with E-state index in [1.54, 1.807) is 18.4 Å². The SMILES string of the molecule is O=CC1=CC=CC=CN1.c1ccc2ncccc2c1. The monoisotopic (exact) mass is 250 g/mol. The van der Waals surface area contributed by atoms with Crippen LogP contribution < -0.4 is 5.32 Å². The van der Waals surface area contributed by atoms with E-state index in [-0.39, 0.29) is 0 Å². The zero-order valence-electron chi connectivity index (χ0n) is 10.4. The molecule has 1 N–H and O–H groups in total. The van der Waals surface area contributed by atoms with Crippen LogP contribution in [0.5, 0.6) is 0 Å². The van der Waals surface area contributed by atoms with Gasteiger partial charge in [-0.25, -0.2) is 0 Å². The standard InChI is InChI=1S/C9H7N.C7H7NO/c1-2-6-9-8(4-1)5-3-7-10-9;9-6-7-4-2-1-3-5-8-7/h1-7H;1-6,8H. The van der Waals surface area contributed by atoms with E-state index in [0.29, 0.717) is 5.70 Å². The summed E-state index contributed by atoms with van der Waals surface area (Å²) >= 11 is 0. The Hall–Kier alpha value is -2.68. The minimum atomic E-state index is 0.583. The highest BCUT2D eigenvalue weighted by atomic mass is 16.1. The number of aromatic nitrogens is 1. The molecule has 0 aliphatic carbocycles. The molecule has 0 saturated carbocycles. The number of hydrogen-bond acceptors (Lipinski definition) is 3. The largest absolute Gasteiger partial charge is 0.359 e. The van der Waals surface area contributed by atoms with Gasteiger partial charge in [0.2, 0.25) is 0 Å². The first kappa shape index (κ1) is 12.8. The van der Waals surface area contributed by atoms with Gasteiger partial charge in [-0.1, -0.05) is 36.4 Å². The highest BCUT2D eigenvalue weighted by Crippen LogP contribution is 2.07. The molecule has 1 aliphatic rings. The molecule has 3 rings (SSSR count). The van der Waals surface area contributed by atoms with Crippen LogP contribution in [0.15, 0.2) is 78.8 Å². The number of benzene rings is 1. The summed E-state index contributed by atoms with van der Waals surface area (Å²) in [6.45, 7) is 0. The van der Waals surface area contributed by atoms with Crippen LogP contribution in [0.2, 0.25) is 0 Å². The fourth-order valence-electron chi connectivity index (χ4n) is 1.56. The smallest absolute Gasteiger partial charge is 0.166 e. The second-order valence-electron chi connectivity index (χ2n) is 3.82. The molecule has 0 bridgehead atoms. The van der Waals surface area contributed by atoms with Crippen LogP contribution >= 0.6 is 0 Å². The predicted molar refractivity (Wildman–Crippen MR) is 77.3 cm³/mol. The number of nitrogens with zero attached hydrogens (tertiary/aromatic N) is 1. The lowest BCUT2D eigenvalue weighted by Gasteiger charge is -1.91. The van der Waals surface area contributed by atoms with E-state index in [1.807, 2.05) is 42.6 Å². The number of hydrogen-bond donors (Lipinski definition) is 1. The third kappa shape index (κ3) is 3.92. The maximum Gasteiger partial charge on any atom is 0.166 e. The average molecular weight is 250 g/mol. The van der Waals surface area contributed by atoms with E-state index in [4.69, 9.17) is 0 Å². The van der Waals surface area contributed by atoms with Gasteiger partial charge < -0.3 is 5.32 Å². The van der Waals surface area contributed by atoms with Gasteiger partial charge in [-0.2, -0.15) is 0 Å². The highest BCUT2D eigenvalue weighted by molar-refractivity contribution is 5.77. The normalized spacial score (nSPS) is 12.7. The van der Waals surface area contributed by atoms with Gasteiger partial charge in [0.05, 0.1) is 11.2 Å². The van der Waals surface area contributed by atoms with Gasteiger partial charge in [-0.3, -0.25) is 9.78 Å². The van der Waals surface area contributed by atoms with Gasteiger partial charge in [0.25, 0.3) is 0 Å². The summed E-state index contributed by atoms with van der Waals surface area (Å²) in [5, 5.41) is 3.98. The summed E-state index contributed by atoms with van der Waals surface area (Å²) < 4.78 is 0. The van der Waals surface area contributed by atoms with E-state index in [2.05, 4.69) is 22.4 Å². The first-order valence-corrected chi connectivity index (χ1v) is 5.95. The Kier molecular flexibility index (Phi) is 4.64. The Morgan fingerprint density at radius 2 is 1.84 bits per heavy atom. The lowest BCUT2D eigenvalue weighted by Crippen LogP contribution is -2.03. The van der Waals surface area contributed by atoms with Gasteiger partial charge in [-0.05, 0) is 24.3 Å². The number of allylic oxidation sites excluding steroid dienone is 5. The summed E-state index contributed by atoms with van der Waals surface area (Å²) in [5.41, 5.74) is 1.64. The number of rotatable bonds is 1. The first-order valence-electron chi connectivity index (χ1n) is 5.95. The second-order valence-corrected chi connectivity index (χ2v) is 3.82. The van der Waals surface area contributed by atoms with Crippen molar-refractivity contribution in [3.8, 4) is 0 Å². The van der Waals surface area contributed by atoms with Crippen molar-refractivity contribution in [2.75, 3.05) is 0 Å². The molecule has 1 aliphatic heterocycles. The number of carbonyl (C=O) groups excluding carboxylic acids is 1. The van der Waals surface area contributed by atoms with Crippen LogP contribution in [0.25, 0.3) is 10.9 Å². The first-order chi connectivity index (χ1) is 9.40. The van der Waals surface area contributed by atoms with Crippen LogP contribution in [-0.4, -0.2) is 11.3 Å². The molecular formula is C16H14N2O. The molecule has 2 aromatic rings. The number of pyridine rings is 1. The fourth-order valence-corrected chi connectivity index (χ4v) is 1.56. The van der Waals surface area contributed by atoms with Crippen LogP contribution in [-0.2, 0) is 4.79 Å². The summed E-state index contributed by atoms with van der Waals surface area (Å²) in [4.78, 5) is 14.3. The van der Waals surface area contributed by atoms with Crippen molar-refractivity contribution in [2.45, 2.75) is 0 Å². The maximum absolute atomic E-state index is 10.1. The van der Waals surface area contributed by atoms with Crippen molar-refractivity contribution < 1.29 is 4.79 Å². The summed E-state index contributed by atoms with van der Waals surface area (Å²) in [6.07, 6.45) is 11.5. The van der Waals surface area contributed by atoms with E-state index >= 15 is 0 Å². The number of fused-ring (bicyclic) bond motifs is 1. The number of para-hydroxylation sites is 1. The quantitative estimate of drug-likeness (QED) is 0.791. The second kappa shape index (κ2) is 6.91. The third-order valence-electron chi connectivity index (χ3n) is 2.48. The van der Waals surface area contributed by atoms with Crippen LogP contribution in [0.3, 0.4) is 0 Å². The molecule has 3 nitrogen and oxygen atoms in total. The molecule has 0 fully saturated rings. The van der Waals surface area contributed by atoms with Crippen molar-refractivity contribution in [2.24, 2.45) is 0 Å². The topological polar surface area (TPSA) is 42.0 Å². The van der Waals surface area contributed by atoms with Crippen LogP contribution in [0, 0.1) is 0 Å². The molecular weight excluding hydrogens is 236 g/mol. The van der Waals surface area contributed by atoms with Gasteiger partial charge in [0, 0.05) is 17.8 Å².